The molecular formula is C16H29NO4. The Kier molecular flexibility index (Phi) is 6.93. The predicted octanol–water partition coefficient (Wildman–Crippen LogP) is 2.15. The van der Waals surface area contributed by atoms with Crippen LogP contribution in [0.2, 0.25) is 0 Å². The first-order valence-electron chi connectivity index (χ1n) is 8.29. The highest BCUT2D eigenvalue weighted by Gasteiger charge is 2.40. The fourth-order valence-corrected chi connectivity index (χ4v) is 3.91. The Morgan fingerprint density at radius 2 is 1.95 bits per heavy atom. The fourth-order valence-electron chi connectivity index (χ4n) is 3.91. The number of piperidine rings is 1. The smallest absolute Gasteiger partial charge is 0.320 e. The molecule has 0 radical (unpaired) electrons. The van der Waals surface area contributed by atoms with Crippen LogP contribution in [0.4, 0.5) is 0 Å². The van der Waals surface area contributed by atoms with Gasteiger partial charge in [0.25, 0.3) is 0 Å². The van der Waals surface area contributed by atoms with Crippen molar-refractivity contribution in [2.75, 3.05) is 33.5 Å². The second kappa shape index (κ2) is 8.71. The van der Waals surface area contributed by atoms with Gasteiger partial charge in [0.2, 0.25) is 0 Å². The third kappa shape index (κ3) is 4.66. The van der Waals surface area contributed by atoms with Crippen molar-refractivity contribution in [2.45, 2.75) is 57.0 Å². The molecule has 0 aromatic carbocycles. The lowest BCUT2D eigenvalue weighted by molar-refractivity contribution is -0.148. The maximum absolute atomic E-state index is 11.5. The summed E-state index contributed by atoms with van der Waals surface area (Å²) in [5, 5.41) is 9.48. The van der Waals surface area contributed by atoms with Crippen molar-refractivity contribution < 1.29 is 19.4 Å². The van der Waals surface area contributed by atoms with Crippen molar-refractivity contribution >= 4 is 5.97 Å². The predicted molar refractivity (Wildman–Crippen MR) is 80.4 cm³/mol. The molecule has 0 amide bonds. The minimum absolute atomic E-state index is 0.289. The van der Waals surface area contributed by atoms with E-state index in [4.69, 9.17) is 9.47 Å². The van der Waals surface area contributed by atoms with Crippen molar-refractivity contribution in [3.05, 3.63) is 0 Å². The largest absolute Gasteiger partial charge is 0.480 e. The molecule has 1 heterocycles. The molecule has 1 saturated carbocycles. The second-order valence-electron chi connectivity index (χ2n) is 6.24. The van der Waals surface area contributed by atoms with Crippen LogP contribution in [0.1, 0.15) is 44.9 Å². The summed E-state index contributed by atoms with van der Waals surface area (Å²) in [5.74, 6) is 0.0584. The molecule has 5 nitrogen and oxygen atoms in total. The summed E-state index contributed by atoms with van der Waals surface area (Å²) >= 11 is 0. The van der Waals surface area contributed by atoms with Gasteiger partial charge >= 0.3 is 5.97 Å². The topological polar surface area (TPSA) is 59.0 Å². The molecule has 1 aliphatic carbocycles. The SMILES string of the molecule is COCCOCCCN1C(C(=O)O)CCC2CCCCC21. The average molecular weight is 299 g/mol. The molecule has 0 bridgehead atoms. The number of rotatable bonds is 8. The normalized spacial score (nSPS) is 30.0. The van der Waals surface area contributed by atoms with Crippen LogP contribution in [0.15, 0.2) is 0 Å². The number of fused-ring (bicyclic) bond motifs is 1. The number of hydrogen-bond acceptors (Lipinski definition) is 4. The minimum atomic E-state index is -0.653. The van der Waals surface area contributed by atoms with Crippen LogP contribution in [-0.4, -0.2) is 61.5 Å². The van der Waals surface area contributed by atoms with Crippen LogP contribution in [0, 0.1) is 5.92 Å². The minimum Gasteiger partial charge on any atom is -0.480 e. The number of hydrogen-bond donors (Lipinski definition) is 1. The molecule has 5 heteroatoms. The first kappa shape index (κ1) is 16.7. The van der Waals surface area contributed by atoms with E-state index in [9.17, 15) is 9.90 Å². The lowest BCUT2D eigenvalue weighted by Crippen LogP contribution is -2.55. The molecule has 0 aromatic heterocycles. The molecule has 1 saturated heterocycles. The van der Waals surface area contributed by atoms with Crippen LogP contribution in [-0.2, 0) is 14.3 Å². The Bertz CT molecular complexity index is 323. The third-order valence-corrected chi connectivity index (χ3v) is 4.93. The molecule has 2 rings (SSSR count). The number of nitrogens with zero attached hydrogens (tertiary/aromatic N) is 1. The van der Waals surface area contributed by atoms with Crippen molar-refractivity contribution in [2.24, 2.45) is 5.92 Å². The van der Waals surface area contributed by atoms with E-state index in [1.165, 1.54) is 25.7 Å². The molecule has 21 heavy (non-hydrogen) atoms. The van der Waals surface area contributed by atoms with Crippen molar-refractivity contribution in [1.82, 2.24) is 4.90 Å². The Balaban J connectivity index is 1.83. The van der Waals surface area contributed by atoms with Crippen LogP contribution in [0.3, 0.4) is 0 Å². The average Bonchev–Trinajstić information content (AvgIpc) is 2.50. The van der Waals surface area contributed by atoms with E-state index in [0.717, 1.165) is 25.8 Å². The molecule has 2 aliphatic rings. The van der Waals surface area contributed by atoms with Gasteiger partial charge in [0.15, 0.2) is 0 Å². The van der Waals surface area contributed by atoms with E-state index in [1.54, 1.807) is 7.11 Å². The summed E-state index contributed by atoms with van der Waals surface area (Å²) in [6, 6.07) is 0.191. The second-order valence-corrected chi connectivity index (χ2v) is 6.24. The summed E-state index contributed by atoms with van der Waals surface area (Å²) in [5.41, 5.74) is 0. The molecule has 122 valence electrons. The van der Waals surface area contributed by atoms with E-state index in [2.05, 4.69) is 4.90 Å². The zero-order chi connectivity index (χ0) is 15.1. The Morgan fingerprint density at radius 1 is 1.14 bits per heavy atom. The van der Waals surface area contributed by atoms with Crippen LogP contribution in [0.25, 0.3) is 0 Å². The van der Waals surface area contributed by atoms with Gasteiger partial charge in [-0.2, -0.15) is 0 Å². The van der Waals surface area contributed by atoms with Gasteiger partial charge in [-0.05, 0) is 38.0 Å². The summed E-state index contributed by atoms with van der Waals surface area (Å²) < 4.78 is 10.4. The van der Waals surface area contributed by atoms with Gasteiger partial charge in [0.05, 0.1) is 13.2 Å². The van der Waals surface area contributed by atoms with Gasteiger partial charge < -0.3 is 14.6 Å². The van der Waals surface area contributed by atoms with Crippen molar-refractivity contribution in [1.29, 1.82) is 0 Å². The highest BCUT2D eigenvalue weighted by molar-refractivity contribution is 5.73. The first-order valence-corrected chi connectivity index (χ1v) is 8.29. The molecule has 3 unspecified atom stereocenters. The number of ether oxygens (including phenoxy) is 2. The standard InChI is InChI=1S/C16H29NO4/c1-20-11-12-21-10-4-9-17-14-6-3-2-5-13(14)7-8-15(17)16(18)19/h13-15H,2-12H2,1H3,(H,18,19). The Morgan fingerprint density at radius 3 is 2.71 bits per heavy atom. The molecular weight excluding hydrogens is 270 g/mol. The molecule has 3 atom stereocenters. The van der Waals surface area contributed by atoms with Crippen molar-refractivity contribution in [3.63, 3.8) is 0 Å². The van der Waals surface area contributed by atoms with Crippen LogP contribution in [0.5, 0.6) is 0 Å². The van der Waals surface area contributed by atoms with Crippen LogP contribution < -0.4 is 0 Å². The van der Waals surface area contributed by atoms with Gasteiger partial charge in [0.1, 0.15) is 6.04 Å². The third-order valence-electron chi connectivity index (χ3n) is 4.93. The van der Waals surface area contributed by atoms with Gasteiger partial charge in [-0.3, -0.25) is 9.69 Å². The van der Waals surface area contributed by atoms with E-state index in [1.807, 2.05) is 0 Å². The van der Waals surface area contributed by atoms with E-state index >= 15 is 0 Å². The maximum atomic E-state index is 11.5. The highest BCUT2D eigenvalue weighted by atomic mass is 16.5. The van der Waals surface area contributed by atoms with E-state index < -0.39 is 5.97 Å². The number of carboxylic acid groups (broad SMARTS) is 1. The monoisotopic (exact) mass is 299 g/mol. The molecule has 0 spiro atoms. The Hall–Kier alpha value is -0.650. The first-order chi connectivity index (χ1) is 10.2. The van der Waals surface area contributed by atoms with Gasteiger partial charge in [0, 0.05) is 26.3 Å². The fraction of sp³-hybridized carbons (Fsp3) is 0.938. The number of aliphatic carboxylic acids is 1. The van der Waals surface area contributed by atoms with Gasteiger partial charge in [-0.25, -0.2) is 0 Å². The molecule has 2 fully saturated rings. The van der Waals surface area contributed by atoms with E-state index in [-0.39, 0.29) is 6.04 Å². The number of carboxylic acids is 1. The lowest BCUT2D eigenvalue weighted by Gasteiger charge is -2.47. The summed E-state index contributed by atoms with van der Waals surface area (Å²) in [7, 11) is 1.66. The molecule has 0 aromatic rings. The molecule has 1 N–H and O–H groups in total. The highest BCUT2D eigenvalue weighted by Crippen LogP contribution is 2.37. The number of likely N-dealkylation sites (tertiary alicyclic amines) is 1. The molecule has 1 aliphatic heterocycles. The zero-order valence-electron chi connectivity index (χ0n) is 13.1. The van der Waals surface area contributed by atoms with Crippen molar-refractivity contribution in [3.8, 4) is 0 Å². The quantitative estimate of drug-likeness (QED) is 0.696. The number of methoxy groups -OCH3 is 1. The van der Waals surface area contributed by atoms with Crippen LogP contribution >= 0.6 is 0 Å². The zero-order valence-corrected chi connectivity index (χ0v) is 13.1. The van der Waals surface area contributed by atoms with Gasteiger partial charge in [-0.15, -0.1) is 0 Å². The van der Waals surface area contributed by atoms with Gasteiger partial charge in [-0.1, -0.05) is 12.8 Å². The summed E-state index contributed by atoms with van der Waals surface area (Å²) in [6.07, 6.45) is 7.79. The summed E-state index contributed by atoms with van der Waals surface area (Å²) in [6.45, 7) is 2.76. The lowest BCUT2D eigenvalue weighted by atomic mass is 9.76. The van der Waals surface area contributed by atoms with E-state index in [0.29, 0.717) is 31.8 Å². The summed E-state index contributed by atoms with van der Waals surface area (Å²) in [4.78, 5) is 13.8. The Labute approximate surface area is 127 Å². The number of carbonyl (C=O) groups is 1. The maximum Gasteiger partial charge on any atom is 0.320 e.